The molecule has 0 aliphatic carbocycles. The van der Waals surface area contributed by atoms with Crippen molar-refractivity contribution in [1.29, 1.82) is 0 Å². The molecule has 0 saturated heterocycles. The van der Waals surface area contributed by atoms with Crippen LogP contribution < -0.4 is 0 Å². The first-order valence-corrected chi connectivity index (χ1v) is 4.56. The molecule has 0 bridgehead atoms. The normalized spacial score (nSPS) is 9.19. The number of benzene rings is 1. The van der Waals surface area contributed by atoms with E-state index in [9.17, 15) is 8.78 Å². The van der Waals surface area contributed by atoms with Crippen molar-refractivity contribution in [3.8, 4) is 0 Å². The fourth-order valence-corrected chi connectivity index (χ4v) is 0.685. The number of aryl methyl sites for hydroxylation is 1. The first-order valence-electron chi connectivity index (χ1n) is 4.56. The summed E-state index contributed by atoms with van der Waals surface area (Å²) < 4.78 is 24.3. The molecule has 0 unspecified atom stereocenters. The minimum absolute atomic E-state index is 0. The fraction of sp³-hybridized carbons (Fsp3) is 0.455. The Bertz CT molecular complexity index is 241. The summed E-state index contributed by atoms with van der Waals surface area (Å²) in [6.07, 6.45) is 0. The minimum Gasteiger partial charge on any atom is -0.396 e. The van der Waals surface area contributed by atoms with Crippen LogP contribution in [0.4, 0.5) is 8.78 Å². The molecule has 0 heterocycles. The maximum atomic E-state index is 12.1. The molecular formula is C11H15F2O2Zn-. The van der Waals surface area contributed by atoms with Crippen molar-refractivity contribution in [2.75, 3.05) is 13.2 Å². The zero-order valence-corrected chi connectivity index (χ0v) is 12.5. The van der Waals surface area contributed by atoms with Crippen LogP contribution in [0.3, 0.4) is 0 Å². The monoisotopic (exact) mass is 281 g/mol. The fourth-order valence-electron chi connectivity index (χ4n) is 0.685. The van der Waals surface area contributed by atoms with Crippen LogP contribution in [0.1, 0.15) is 12.5 Å². The molecule has 0 atom stereocenters. The number of aliphatic hydroxyl groups is 2. The largest absolute Gasteiger partial charge is 0.396 e. The Balaban J connectivity index is 0. The number of rotatable bonds is 2. The third-order valence-electron chi connectivity index (χ3n) is 1.57. The summed E-state index contributed by atoms with van der Waals surface area (Å²) in [4.78, 5) is 0. The summed E-state index contributed by atoms with van der Waals surface area (Å²) >= 11 is 0. The minimum atomic E-state index is -0.646. The van der Waals surface area contributed by atoms with Gasteiger partial charge in [-0.15, -0.1) is 18.2 Å². The van der Waals surface area contributed by atoms with Crippen LogP contribution in [0.15, 0.2) is 12.1 Å². The SMILES string of the molecule is CC(CO)CO.Cc1cc(F)[c-]c(F)c1.[Zn]. The molecule has 2 nitrogen and oxygen atoms in total. The summed E-state index contributed by atoms with van der Waals surface area (Å²) in [6, 6.07) is 4.33. The molecule has 1 aromatic carbocycles. The van der Waals surface area contributed by atoms with E-state index in [1.165, 1.54) is 12.1 Å². The first-order chi connectivity index (χ1) is 6.99. The zero-order chi connectivity index (χ0) is 11.8. The maximum absolute atomic E-state index is 12.1. The van der Waals surface area contributed by atoms with Crippen molar-refractivity contribution in [3.05, 3.63) is 35.4 Å². The topological polar surface area (TPSA) is 40.5 Å². The van der Waals surface area contributed by atoms with Gasteiger partial charge in [-0.25, -0.2) is 8.78 Å². The van der Waals surface area contributed by atoms with Gasteiger partial charge in [-0.3, -0.25) is 0 Å². The Labute approximate surface area is 107 Å². The van der Waals surface area contributed by atoms with Crippen LogP contribution in [-0.4, -0.2) is 23.4 Å². The van der Waals surface area contributed by atoms with Gasteiger partial charge in [-0.1, -0.05) is 13.8 Å². The third-order valence-corrected chi connectivity index (χ3v) is 1.57. The molecule has 0 fully saturated rings. The average Bonchev–Trinajstić information content (AvgIpc) is 2.15. The molecule has 0 spiro atoms. The van der Waals surface area contributed by atoms with E-state index >= 15 is 0 Å². The van der Waals surface area contributed by atoms with Crippen molar-refractivity contribution >= 4 is 0 Å². The van der Waals surface area contributed by atoms with E-state index in [-0.39, 0.29) is 38.6 Å². The molecule has 1 rings (SSSR count). The van der Waals surface area contributed by atoms with Gasteiger partial charge in [0.15, 0.2) is 0 Å². The summed E-state index contributed by atoms with van der Waals surface area (Å²) in [5, 5.41) is 16.3. The Morgan fingerprint density at radius 3 is 1.75 bits per heavy atom. The van der Waals surface area contributed by atoms with Crippen LogP contribution in [-0.2, 0) is 19.5 Å². The smallest absolute Gasteiger partial charge is 0.0478 e. The number of halogens is 2. The van der Waals surface area contributed by atoms with Gasteiger partial charge in [0.2, 0.25) is 0 Å². The third kappa shape index (κ3) is 8.89. The Morgan fingerprint density at radius 2 is 1.56 bits per heavy atom. The van der Waals surface area contributed by atoms with Crippen molar-refractivity contribution in [2.24, 2.45) is 5.92 Å². The van der Waals surface area contributed by atoms with E-state index in [1.807, 2.05) is 6.07 Å². The van der Waals surface area contributed by atoms with Crippen molar-refractivity contribution in [2.45, 2.75) is 13.8 Å². The van der Waals surface area contributed by atoms with Gasteiger partial charge >= 0.3 is 0 Å². The van der Waals surface area contributed by atoms with Crippen molar-refractivity contribution < 1.29 is 38.5 Å². The molecule has 0 aromatic heterocycles. The van der Waals surface area contributed by atoms with E-state index in [0.717, 1.165) is 0 Å². The Hall–Kier alpha value is -0.377. The Kier molecular flexibility index (Phi) is 11.0. The maximum Gasteiger partial charge on any atom is 0.0478 e. The first kappa shape index (κ1) is 18.0. The summed E-state index contributed by atoms with van der Waals surface area (Å²) in [6.45, 7) is 3.56. The number of hydrogen-bond donors (Lipinski definition) is 2. The molecule has 88 valence electrons. The predicted molar refractivity (Wildman–Crippen MR) is 53.3 cm³/mol. The molecule has 1 aromatic rings. The molecule has 0 amide bonds. The summed E-state index contributed by atoms with van der Waals surface area (Å²) in [5.41, 5.74) is 0.573. The number of aliphatic hydroxyl groups excluding tert-OH is 2. The molecule has 0 aliphatic heterocycles. The van der Waals surface area contributed by atoms with Crippen LogP contribution in [0, 0.1) is 30.5 Å². The van der Waals surface area contributed by atoms with Crippen LogP contribution in [0.25, 0.3) is 0 Å². The van der Waals surface area contributed by atoms with Gasteiger partial charge in [-0.2, -0.15) is 5.56 Å². The Morgan fingerprint density at radius 1 is 1.19 bits per heavy atom. The molecule has 2 N–H and O–H groups in total. The quantitative estimate of drug-likeness (QED) is 0.640. The van der Waals surface area contributed by atoms with E-state index in [2.05, 4.69) is 0 Å². The van der Waals surface area contributed by atoms with Crippen LogP contribution >= 0.6 is 0 Å². The predicted octanol–water partition coefficient (Wildman–Crippen LogP) is 1.68. The van der Waals surface area contributed by atoms with Gasteiger partial charge < -0.3 is 10.2 Å². The molecule has 0 saturated carbocycles. The van der Waals surface area contributed by atoms with Gasteiger partial charge in [-0.05, 0) is 0 Å². The molecule has 16 heavy (non-hydrogen) atoms. The summed E-state index contributed by atoms with van der Waals surface area (Å²) in [7, 11) is 0. The number of hydrogen-bond acceptors (Lipinski definition) is 2. The van der Waals surface area contributed by atoms with Gasteiger partial charge in [0.05, 0.1) is 0 Å². The molecule has 0 radical (unpaired) electrons. The molecular weight excluding hydrogens is 268 g/mol. The second-order valence-corrected chi connectivity index (χ2v) is 3.32. The van der Waals surface area contributed by atoms with E-state index in [4.69, 9.17) is 10.2 Å². The van der Waals surface area contributed by atoms with E-state index < -0.39 is 11.6 Å². The second-order valence-electron chi connectivity index (χ2n) is 3.32. The molecule has 5 heteroatoms. The second kappa shape index (κ2) is 9.82. The van der Waals surface area contributed by atoms with Crippen LogP contribution in [0.2, 0.25) is 0 Å². The van der Waals surface area contributed by atoms with Crippen molar-refractivity contribution in [3.63, 3.8) is 0 Å². The van der Waals surface area contributed by atoms with E-state index in [1.54, 1.807) is 13.8 Å². The standard InChI is InChI=1S/C7H5F2.C4H10O2.Zn/c1-5-2-6(8)4-7(9)3-5;1-4(2-5)3-6;/h2-3H,1H3;4-6H,2-3H2,1H3;/q-1;;. The van der Waals surface area contributed by atoms with Gasteiger partial charge in [0, 0.05) is 50.2 Å². The summed E-state index contributed by atoms with van der Waals surface area (Å²) in [5.74, 6) is -1.25. The van der Waals surface area contributed by atoms with Crippen molar-refractivity contribution in [1.82, 2.24) is 0 Å². The van der Waals surface area contributed by atoms with Crippen LogP contribution in [0.5, 0.6) is 0 Å². The average molecular weight is 283 g/mol. The zero-order valence-electron chi connectivity index (χ0n) is 9.50. The van der Waals surface area contributed by atoms with Gasteiger partial charge in [0.25, 0.3) is 0 Å². The van der Waals surface area contributed by atoms with Gasteiger partial charge in [0.1, 0.15) is 0 Å². The van der Waals surface area contributed by atoms with E-state index in [0.29, 0.717) is 5.56 Å². The molecule has 0 aliphatic rings.